The molecule has 0 spiro atoms. The lowest BCUT2D eigenvalue weighted by atomic mass is 10.1. The zero-order valence-electron chi connectivity index (χ0n) is 13.6. The van der Waals surface area contributed by atoms with Gasteiger partial charge in [-0.15, -0.1) is 0 Å². The van der Waals surface area contributed by atoms with E-state index in [4.69, 9.17) is 0 Å². The molecule has 23 heavy (non-hydrogen) atoms. The maximum atomic E-state index is 13.0. The van der Waals surface area contributed by atoms with E-state index in [1.807, 2.05) is 11.8 Å². The molecule has 1 aliphatic carbocycles. The van der Waals surface area contributed by atoms with Gasteiger partial charge in [0.1, 0.15) is 5.82 Å². The number of aliphatic hydroxyl groups is 1. The monoisotopic (exact) mass is 320 g/mol. The number of halogens is 1. The molecule has 1 aliphatic heterocycles. The van der Waals surface area contributed by atoms with Crippen LogP contribution >= 0.6 is 0 Å². The molecule has 1 saturated carbocycles. The summed E-state index contributed by atoms with van der Waals surface area (Å²) in [6, 6.07) is 6.51. The summed E-state index contributed by atoms with van der Waals surface area (Å²) in [6.07, 6.45) is 1.36. The van der Waals surface area contributed by atoms with Gasteiger partial charge >= 0.3 is 0 Å². The molecule has 1 aromatic rings. The number of benzene rings is 1. The number of amides is 1. The van der Waals surface area contributed by atoms with Crippen LogP contribution in [0.25, 0.3) is 0 Å². The van der Waals surface area contributed by atoms with Crippen LogP contribution in [-0.2, 0) is 4.79 Å². The van der Waals surface area contributed by atoms with E-state index in [-0.39, 0.29) is 29.7 Å². The van der Waals surface area contributed by atoms with Gasteiger partial charge in [-0.05, 0) is 36.5 Å². The molecule has 1 aromatic carbocycles. The SMILES string of the molecule is CC[C@H](O)CN1CCN(C(=O)[C@@H]2C[C@@H]2c2ccc(F)cc2)CC1. The largest absolute Gasteiger partial charge is 0.392 e. The smallest absolute Gasteiger partial charge is 0.226 e. The number of hydrogen-bond acceptors (Lipinski definition) is 3. The Morgan fingerprint density at radius 1 is 1.26 bits per heavy atom. The first-order chi connectivity index (χ1) is 11.1. The summed E-state index contributed by atoms with van der Waals surface area (Å²) in [6.45, 7) is 5.81. The summed E-state index contributed by atoms with van der Waals surface area (Å²) in [5.41, 5.74) is 1.06. The van der Waals surface area contributed by atoms with Crippen molar-refractivity contribution in [2.75, 3.05) is 32.7 Å². The molecular weight excluding hydrogens is 295 g/mol. The molecule has 1 saturated heterocycles. The van der Waals surface area contributed by atoms with Crippen LogP contribution < -0.4 is 0 Å². The van der Waals surface area contributed by atoms with E-state index >= 15 is 0 Å². The van der Waals surface area contributed by atoms with Gasteiger partial charge in [-0.2, -0.15) is 0 Å². The number of aliphatic hydroxyl groups excluding tert-OH is 1. The molecule has 3 rings (SSSR count). The maximum absolute atomic E-state index is 13.0. The molecule has 0 bridgehead atoms. The van der Waals surface area contributed by atoms with Crippen molar-refractivity contribution in [2.45, 2.75) is 31.8 Å². The summed E-state index contributed by atoms with van der Waals surface area (Å²) in [7, 11) is 0. The second kappa shape index (κ2) is 6.97. The van der Waals surface area contributed by atoms with E-state index in [0.717, 1.165) is 44.6 Å². The van der Waals surface area contributed by atoms with Crippen LogP contribution in [-0.4, -0.2) is 59.6 Å². The van der Waals surface area contributed by atoms with Crippen LogP contribution in [0.3, 0.4) is 0 Å². The van der Waals surface area contributed by atoms with Gasteiger partial charge in [0, 0.05) is 38.6 Å². The Balaban J connectivity index is 1.48. The van der Waals surface area contributed by atoms with Crippen LogP contribution in [0, 0.1) is 11.7 Å². The highest BCUT2D eigenvalue weighted by atomic mass is 19.1. The first-order valence-corrected chi connectivity index (χ1v) is 8.53. The van der Waals surface area contributed by atoms with Crippen molar-refractivity contribution in [1.82, 2.24) is 9.80 Å². The lowest BCUT2D eigenvalue weighted by Gasteiger charge is -2.35. The van der Waals surface area contributed by atoms with Crippen LogP contribution in [0.15, 0.2) is 24.3 Å². The second-order valence-corrected chi connectivity index (χ2v) is 6.69. The molecule has 1 heterocycles. The molecule has 5 heteroatoms. The van der Waals surface area contributed by atoms with Gasteiger partial charge in [0.25, 0.3) is 0 Å². The Bertz CT molecular complexity index is 540. The topological polar surface area (TPSA) is 43.8 Å². The van der Waals surface area contributed by atoms with E-state index in [1.54, 1.807) is 12.1 Å². The minimum Gasteiger partial charge on any atom is -0.392 e. The fraction of sp³-hybridized carbons (Fsp3) is 0.611. The molecule has 2 fully saturated rings. The molecule has 3 atom stereocenters. The molecule has 126 valence electrons. The van der Waals surface area contributed by atoms with E-state index in [2.05, 4.69) is 4.90 Å². The second-order valence-electron chi connectivity index (χ2n) is 6.69. The number of carbonyl (C=O) groups is 1. The molecule has 0 unspecified atom stereocenters. The average Bonchev–Trinajstić information content (AvgIpc) is 3.36. The van der Waals surface area contributed by atoms with E-state index < -0.39 is 0 Å². The van der Waals surface area contributed by atoms with Gasteiger partial charge in [0.2, 0.25) is 5.91 Å². The number of hydrogen-bond donors (Lipinski definition) is 1. The average molecular weight is 320 g/mol. The zero-order valence-corrected chi connectivity index (χ0v) is 13.6. The summed E-state index contributed by atoms with van der Waals surface area (Å²) in [5, 5.41) is 9.71. The third-order valence-corrected chi connectivity index (χ3v) is 5.03. The third kappa shape index (κ3) is 3.90. The third-order valence-electron chi connectivity index (χ3n) is 5.03. The zero-order chi connectivity index (χ0) is 16.4. The highest BCUT2D eigenvalue weighted by molar-refractivity contribution is 5.83. The Hall–Kier alpha value is -1.46. The van der Waals surface area contributed by atoms with Crippen LogP contribution in [0.2, 0.25) is 0 Å². The summed E-state index contributed by atoms with van der Waals surface area (Å²) >= 11 is 0. The summed E-state index contributed by atoms with van der Waals surface area (Å²) in [4.78, 5) is 16.8. The fourth-order valence-electron chi connectivity index (χ4n) is 3.36. The van der Waals surface area contributed by atoms with E-state index in [9.17, 15) is 14.3 Å². The van der Waals surface area contributed by atoms with Gasteiger partial charge in [0.05, 0.1) is 6.10 Å². The molecule has 1 N–H and O–H groups in total. The first kappa shape index (κ1) is 16.4. The number of carbonyl (C=O) groups excluding carboxylic acids is 1. The van der Waals surface area contributed by atoms with Gasteiger partial charge in [-0.1, -0.05) is 19.1 Å². The number of β-amino-alcohol motifs (C(OH)–C–C–N with tert-alkyl or cyclic N) is 1. The highest BCUT2D eigenvalue weighted by Crippen LogP contribution is 2.48. The lowest BCUT2D eigenvalue weighted by molar-refractivity contribution is -0.134. The van der Waals surface area contributed by atoms with Crippen LogP contribution in [0.1, 0.15) is 31.2 Å². The van der Waals surface area contributed by atoms with Crippen LogP contribution in [0.4, 0.5) is 4.39 Å². The van der Waals surface area contributed by atoms with Gasteiger partial charge in [-0.25, -0.2) is 4.39 Å². The normalized spacial score (nSPS) is 26.1. The fourth-order valence-corrected chi connectivity index (χ4v) is 3.36. The quantitative estimate of drug-likeness (QED) is 0.900. The van der Waals surface area contributed by atoms with Crippen molar-refractivity contribution in [1.29, 1.82) is 0 Å². The molecular formula is C18H25FN2O2. The number of rotatable bonds is 5. The molecule has 4 nitrogen and oxygen atoms in total. The summed E-state index contributed by atoms with van der Waals surface area (Å²) in [5.74, 6) is 0.314. The van der Waals surface area contributed by atoms with Crippen LogP contribution in [0.5, 0.6) is 0 Å². The van der Waals surface area contributed by atoms with Crippen molar-refractivity contribution in [3.63, 3.8) is 0 Å². The number of piperazine rings is 1. The molecule has 2 aliphatic rings. The number of nitrogens with zero attached hydrogens (tertiary/aromatic N) is 2. The Labute approximate surface area is 136 Å². The molecule has 0 aromatic heterocycles. The minimum atomic E-state index is -0.274. The van der Waals surface area contributed by atoms with Crippen molar-refractivity contribution < 1.29 is 14.3 Å². The molecule has 0 radical (unpaired) electrons. The standard InChI is InChI=1S/C18H25FN2O2/c1-2-15(22)12-20-7-9-21(10-8-20)18(23)17-11-16(17)13-3-5-14(19)6-4-13/h3-6,15-17,22H,2,7-12H2,1H3/t15-,16+,17+/m0/s1. The Kier molecular flexibility index (Phi) is 4.97. The predicted octanol–water partition coefficient (Wildman–Crippen LogP) is 1.84. The van der Waals surface area contributed by atoms with Crippen molar-refractivity contribution in [3.8, 4) is 0 Å². The van der Waals surface area contributed by atoms with Crippen molar-refractivity contribution in [2.24, 2.45) is 5.92 Å². The Morgan fingerprint density at radius 2 is 1.91 bits per heavy atom. The van der Waals surface area contributed by atoms with E-state index in [1.165, 1.54) is 12.1 Å². The Morgan fingerprint density at radius 3 is 2.52 bits per heavy atom. The van der Waals surface area contributed by atoms with Gasteiger partial charge in [0.15, 0.2) is 0 Å². The van der Waals surface area contributed by atoms with Gasteiger partial charge < -0.3 is 10.0 Å². The predicted molar refractivity (Wildman–Crippen MR) is 86.6 cm³/mol. The highest BCUT2D eigenvalue weighted by Gasteiger charge is 2.46. The summed E-state index contributed by atoms with van der Waals surface area (Å²) < 4.78 is 13.0. The minimum absolute atomic E-state index is 0.0632. The first-order valence-electron chi connectivity index (χ1n) is 8.53. The lowest BCUT2D eigenvalue weighted by Crippen LogP contribution is -2.50. The van der Waals surface area contributed by atoms with Gasteiger partial charge in [-0.3, -0.25) is 9.69 Å². The van der Waals surface area contributed by atoms with Crippen molar-refractivity contribution in [3.05, 3.63) is 35.6 Å². The van der Waals surface area contributed by atoms with Crippen molar-refractivity contribution >= 4 is 5.91 Å². The maximum Gasteiger partial charge on any atom is 0.226 e. The molecule has 1 amide bonds. The van der Waals surface area contributed by atoms with E-state index in [0.29, 0.717) is 6.54 Å².